The highest BCUT2D eigenvalue weighted by Gasteiger charge is 2.37. The van der Waals surface area contributed by atoms with Crippen molar-refractivity contribution in [3.8, 4) is 0 Å². The summed E-state index contributed by atoms with van der Waals surface area (Å²) in [4.78, 5) is 14.8. The van der Waals surface area contributed by atoms with E-state index in [9.17, 15) is 13.2 Å². The van der Waals surface area contributed by atoms with Crippen LogP contribution in [0.1, 0.15) is 58.3 Å². The molecule has 0 radical (unpaired) electrons. The van der Waals surface area contributed by atoms with E-state index >= 15 is 0 Å². The monoisotopic (exact) mass is 342 g/mol. The number of hydrogen-bond acceptors (Lipinski definition) is 4. The highest BCUT2D eigenvalue weighted by atomic mass is 32.2. The van der Waals surface area contributed by atoms with Crippen LogP contribution in [0.15, 0.2) is 0 Å². The molecule has 1 amide bonds. The van der Waals surface area contributed by atoms with Crippen LogP contribution in [0.4, 0.5) is 0 Å². The molecule has 0 spiro atoms. The maximum absolute atomic E-state index is 12.9. The van der Waals surface area contributed by atoms with Crippen LogP contribution in [0.3, 0.4) is 0 Å². The molecular weight excluding hydrogens is 312 g/mol. The Bertz CT molecular complexity index is 522. The average molecular weight is 343 g/mol. The Hall–Kier alpha value is -0.620. The van der Waals surface area contributed by atoms with E-state index in [4.69, 9.17) is 0 Å². The first kappa shape index (κ1) is 17.2. The van der Waals surface area contributed by atoms with Crippen LogP contribution < -0.4 is 5.32 Å². The zero-order chi connectivity index (χ0) is 16.4. The Morgan fingerprint density at radius 1 is 1.17 bits per heavy atom. The summed E-state index contributed by atoms with van der Waals surface area (Å²) in [5.74, 6) is 1.07. The van der Waals surface area contributed by atoms with Crippen molar-refractivity contribution in [3.63, 3.8) is 0 Å². The second kappa shape index (κ2) is 7.09. The fourth-order valence-electron chi connectivity index (χ4n) is 4.57. The van der Waals surface area contributed by atoms with Gasteiger partial charge in [-0.1, -0.05) is 13.3 Å². The Balaban J connectivity index is 1.60. The number of unbranched alkanes of at least 4 members (excludes halogenated alkanes) is 1. The van der Waals surface area contributed by atoms with Crippen LogP contribution in [0.2, 0.25) is 0 Å². The second-order valence-electron chi connectivity index (χ2n) is 7.68. The quantitative estimate of drug-likeness (QED) is 0.798. The van der Waals surface area contributed by atoms with Crippen LogP contribution in [-0.2, 0) is 14.6 Å². The van der Waals surface area contributed by atoms with Crippen LogP contribution in [0.5, 0.6) is 0 Å². The highest BCUT2D eigenvalue weighted by molar-refractivity contribution is 7.91. The number of hydrogen-bond donors (Lipinski definition) is 1. The summed E-state index contributed by atoms with van der Waals surface area (Å²) < 4.78 is 23.6. The summed E-state index contributed by atoms with van der Waals surface area (Å²) in [6, 6.07) is 1.11. The maximum Gasteiger partial charge on any atom is 0.223 e. The van der Waals surface area contributed by atoms with Crippen molar-refractivity contribution in [2.75, 3.05) is 18.1 Å². The Kier molecular flexibility index (Phi) is 5.31. The van der Waals surface area contributed by atoms with E-state index in [-0.39, 0.29) is 23.5 Å². The molecule has 0 aromatic heterocycles. The van der Waals surface area contributed by atoms with Crippen LogP contribution in [0, 0.1) is 5.92 Å². The summed E-state index contributed by atoms with van der Waals surface area (Å²) in [6.45, 7) is 2.83. The van der Waals surface area contributed by atoms with E-state index in [2.05, 4.69) is 12.2 Å². The molecule has 3 rings (SSSR count). The van der Waals surface area contributed by atoms with Crippen LogP contribution in [-0.4, -0.2) is 55.4 Å². The smallest absolute Gasteiger partial charge is 0.223 e. The van der Waals surface area contributed by atoms with Crippen molar-refractivity contribution in [1.82, 2.24) is 10.2 Å². The summed E-state index contributed by atoms with van der Waals surface area (Å²) in [5.41, 5.74) is 0. The number of fused-ring (bicyclic) bond motifs is 2. The van der Waals surface area contributed by atoms with Crippen LogP contribution >= 0.6 is 0 Å². The van der Waals surface area contributed by atoms with Gasteiger partial charge in [0, 0.05) is 31.1 Å². The molecule has 6 heteroatoms. The lowest BCUT2D eigenvalue weighted by atomic mass is 9.89. The van der Waals surface area contributed by atoms with E-state index < -0.39 is 9.84 Å². The van der Waals surface area contributed by atoms with Gasteiger partial charge in [-0.25, -0.2) is 8.42 Å². The molecule has 132 valence electrons. The summed E-state index contributed by atoms with van der Waals surface area (Å²) in [6.07, 6.45) is 7.91. The van der Waals surface area contributed by atoms with E-state index in [1.807, 2.05) is 4.90 Å². The summed E-state index contributed by atoms with van der Waals surface area (Å²) in [5, 5.41) is 3.62. The molecule has 0 aliphatic carbocycles. The predicted molar refractivity (Wildman–Crippen MR) is 91.0 cm³/mol. The third-order valence-corrected chi connectivity index (χ3v) is 7.51. The fourth-order valence-corrected chi connectivity index (χ4v) is 6.30. The molecule has 1 N–H and O–H groups in total. The molecule has 3 aliphatic heterocycles. The number of piperidine rings is 1. The number of amides is 1. The second-order valence-corrected chi connectivity index (χ2v) is 9.91. The Morgan fingerprint density at radius 2 is 1.87 bits per heavy atom. The van der Waals surface area contributed by atoms with E-state index in [1.54, 1.807) is 0 Å². The Morgan fingerprint density at radius 3 is 2.43 bits per heavy atom. The van der Waals surface area contributed by atoms with Gasteiger partial charge in [0.15, 0.2) is 9.84 Å². The number of sulfone groups is 1. The topological polar surface area (TPSA) is 66.5 Å². The molecule has 0 aromatic rings. The van der Waals surface area contributed by atoms with Gasteiger partial charge in [0.05, 0.1) is 11.5 Å². The van der Waals surface area contributed by atoms with Gasteiger partial charge in [-0.05, 0) is 44.4 Å². The third-order valence-electron chi connectivity index (χ3n) is 5.76. The molecule has 0 saturated carbocycles. The van der Waals surface area contributed by atoms with Crippen molar-refractivity contribution in [2.24, 2.45) is 5.92 Å². The van der Waals surface area contributed by atoms with Gasteiger partial charge in [0.1, 0.15) is 0 Å². The zero-order valence-corrected chi connectivity index (χ0v) is 15.0. The van der Waals surface area contributed by atoms with E-state index in [0.717, 1.165) is 25.7 Å². The van der Waals surface area contributed by atoms with Crippen molar-refractivity contribution >= 4 is 15.7 Å². The predicted octanol–water partition coefficient (Wildman–Crippen LogP) is 1.72. The number of nitrogens with one attached hydrogen (secondary N) is 1. The van der Waals surface area contributed by atoms with E-state index in [1.165, 1.54) is 12.8 Å². The number of nitrogens with zero attached hydrogens (tertiary/aromatic N) is 1. The molecule has 3 atom stereocenters. The molecule has 3 heterocycles. The molecular formula is C17H30N2O3S. The van der Waals surface area contributed by atoms with Gasteiger partial charge in [0.2, 0.25) is 5.91 Å². The number of carbonyl (C=O) groups is 1. The van der Waals surface area contributed by atoms with Gasteiger partial charge in [-0.3, -0.25) is 4.79 Å². The third kappa shape index (κ3) is 4.27. The molecule has 23 heavy (non-hydrogen) atoms. The Labute approximate surface area is 140 Å². The van der Waals surface area contributed by atoms with Crippen LogP contribution in [0.25, 0.3) is 0 Å². The minimum atomic E-state index is -2.94. The first-order valence-electron chi connectivity index (χ1n) is 9.23. The van der Waals surface area contributed by atoms with Gasteiger partial charge >= 0.3 is 0 Å². The van der Waals surface area contributed by atoms with Gasteiger partial charge < -0.3 is 10.2 Å². The van der Waals surface area contributed by atoms with Crippen molar-refractivity contribution in [3.05, 3.63) is 0 Å². The minimum Gasteiger partial charge on any atom is -0.339 e. The summed E-state index contributed by atoms with van der Waals surface area (Å²) in [7, 11) is -2.94. The lowest BCUT2D eigenvalue weighted by Crippen LogP contribution is -2.44. The largest absolute Gasteiger partial charge is 0.339 e. The first-order valence-corrected chi connectivity index (χ1v) is 11.0. The number of carbonyl (C=O) groups excluding carboxylic acids is 1. The lowest BCUT2D eigenvalue weighted by molar-refractivity contribution is -0.134. The lowest BCUT2D eigenvalue weighted by Gasteiger charge is -2.33. The molecule has 2 bridgehead atoms. The van der Waals surface area contributed by atoms with Gasteiger partial charge in [-0.15, -0.1) is 0 Å². The molecule has 3 unspecified atom stereocenters. The van der Waals surface area contributed by atoms with Crippen molar-refractivity contribution in [2.45, 2.75) is 76.4 Å². The molecule has 3 aliphatic rings. The molecule has 5 nitrogen and oxygen atoms in total. The van der Waals surface area contributed by atoms with Crippen molar-refractivity contribution in [1.29, 1.82) is 0 Å². The normalized spacial score (nSPS) is 35.3. The average Bonchev–Trinajstić information content (AvgIpc) is 3.01. The summed E-state index contributed by atoms with van der Waals surface area (Å²) >= 11 is 0. The fraction of sp³-hybridized carbons (Fsp3) is 0.941. The first-order chi connectivity index (χ1) is 11.0. The molecule has 3 fully saturated rings. The maximum atomic E-state index is 12.9. The van der Waals surface area contributed by atoms with E-state index in [0.29, 0.717) is 37.4 Å². The van der Waals surface area contributed by atoms with Crippen molar-refractivity contribution < 1.29 is 13.2 Å². The zero-order valence-electron chi connectivity index (χ0n) is 14.2. The standard InChI is InChI=1S/C17H30N2O3S/c1-2-3-7-19(16-6-8-23(21,22)12-16)17(20)11-13-9-14-4-5-15(10-13)18-14/h13-16,18H,2-12H2,1H3. The van der Waals surface area contributed by atoms with Gasteiger partial charge in [0.25, 0.3) is 0 Å². The van der Waals surface area contributed by atoms with Gasteiger partial charge in [-0.2, -0.15) is 0 Å². The number of rotatable bonds is 6. The minimum absolute atomic E-state index is 0.0857. The molecule has 3 saturated heterocycles. The highest BCUT2D eigenvalue weighted by Crippen LogP contribution is 2.33. The molecule has 0 aromatic carbocycles. The SMILES string of the molecule is CCCCN(C(=O)CC1CC2CCC(C1)N2)C1CCS(=O)(=O)C1.